The van der Waals surface area contributed by atoms with Crippen LogP contribution in [0.4, 0.5) is 8.78 Å². The van der Waals surface area contributed by atoms with E-state index in [0.29, 0.717) is 15.6 Å². The largest absolute Gasteiger partial charge is 0.486 e. The van der Waals surface area contributed by atoms with E-state index in [9.17, 15) is 18.4 Å². The molecule has 1 atom stereocenters. The van der Waals surface area contributed by atoms with Gasteiger partial charge in [-0.25, -0.2) is 4.39 Å². The van der Waals surface area contributed by atoms with Gasteiger partial charge in [-0.2, -0.15) is 4.39 Å². The number of nitrogens with one attached hydrogen (secondary N) is 1. The summed E-state index contributed by atoms with van der Waals surface area (Å²) in [6, 6.07) is 5.34. The minimum Gasteiger partial charge on any atom is -0.486 e. The molecule has 0 saturated carbocycles. The van der Waals surface area contributed by atoms with Gasteiger partial charge in [0.05, 0.1) is 16.9 Å². The molecule has 1 amide bonds. The normalized spacial score (nSPS) is 15.3. The van der Waals surface area contributed by atoms with Crippen LogP contribution in [0, 0.1) is 11.6 Å². The Hall–Kier alpha value is -2.64. The van der Waals surface area contributed by atoms with Gasteiger partial charge >= 0.3 is 0 Å². The summed E-state index contributed by atoms with van der Waals surface area (Å²) >= 11 is 12.0. The van der Waals surface area contributed by atoms with Gasteiger partial charge in [-0.3, -0.25) is 9.59 Å². The number of carbonyl (C=O) groups is 1. The van der Waals surface area contributed by atoms with Crippen molar-refractivity contribution >= 4 is 40.0 Å². The molecular formula is C20H14Cl2F2N2O3. The molecule has 4 rings (SSSR count). The second kappa shape index (κ2) is 7.31. The van der Waals surface area contributed by atoms with Gasteiger partial charge in [0.1, 0.15) is 12.2 Å². The van der Waals surface area contributed by atoms with E-state index in [4.69, 9.17) is 27.9 Å². The van der Waals surface area contributed by atoms with E-state index in [1.165, 1.54) is 6.20 Å². The maximum atomic E-state index is 14.1. The average molecular weight is 439 g/mol. The summed E-state index contributed by atoms with van der Waals surface area (Å²) in [7, 11) is 0. The van der Waals surface area contributed by atoms with E-state index in [-0.39, 0.29) is 41.4 Å². The van der Waals surface area contributed by atoms with Gasteiger partial charge in [0.25, 0.3) is 5.91 Å². The van der Waals surface area contributed by atoms with E-state index in [1.54, 1.807) is 29.7 Å². The van der Waals surface area contributed by atoms with Crippen LogP contribution < -0.4 is 15.5 Å². The van der Waals surface area contributed by atoms with Gasteiger partial charge in [-0.15, -0.1) is 0 Å². The quantitative estimate of drug-likeness (QED) is 0.655. The van der Waals surface area contributed by atoms with Gasteiger partial charge in [-0.1, -0.05) is 29.3 Å². The number of carbonyl (C=O) groups excluding carboxylic acids is 1. The van der Waals surface area contributed by atoms with Crippen LogP contribution in [-0.2, 0) is 6.54 Å². The van der Waals surface area contributed by atoms with E-state index < -0.39 is 23.0 Å². The van der Waals surface area contributed by atoms with Gasteiger partial charge in [0.2, 0.25) is 11.2 Å². The molecule has 2 heterocycles. The van der Waals surface area contributed by atoms with Crippen LogP contribution in [0.15, 0.2) is 35.3 Å². The summed E-state index contributed by atoms with van der Waals surface area (Å²) in [5.41, 5.74) is -0.157. The highest BCUT2D eigenvalue weighted by Gasteiger charge is 2.28. The third-order valence-electron chi connectivity index (χ3n) is 4.81. The molecule has 0 unspecified atom stereocenters. The Bertz CT molecular complexity index is 1230. The second-order valence-electron chi connectivity index (χ2n) is 6.76. The fraction of sp³-hybridized carbons (Fsp3) is 0.200. The van der Waals surface area contributed by atoms with Crippen molar-refractivity contribution in [3.05, 3.63) is 73.5 Å². The van der Waals surface area contributed by atoms with Crippen molar-refractivity contribution in [2.24, 2.45) is 0 Å². The summed E-state index contributed by atoms with van der Waals surface area (Å²) in [6.07, 6.45) is 1.34. The molecule has 150 valence electrons. The molecule has 5 nitrogen and oxygen atoms in total. The van der Waals surface area contributed by atoms with E-state index >= 15 is 0 Å². The zero-order chi connectivity index (χ0) is 20.9. The number of rotatable bonds is 3. The SMILES string of the molecule is C[C@H]1COc2c(F)c(F)cc3c(=O)c(C(=O)NCc4ccc(Cl)cc4Cl)cn1c23. The molecule has 1 N–H and O–H groups in total. The topological polar surface area (TPSA) is 60.3 Å². The highest BCUT2D eigenvalue weighted by atomic mass is 35.5. The van der Waals surface area contributed by atoms with Crippen LogP contribution in [0.2, 0.25) is 10.0 Å². The summed E-state index contributed by atoms with van der Waals surface area (Å²) < 4.78 is 35.0. The van der Waals surface area contributed by atoms with Gasteiger partial charge in [0, 0.05) is 22.8 Å². The average Bonchev–Trinajstić information content (AvgIpc) is 2.68. The van der Waals surface area contributed by atoms with Crippen molar-refractivity contribution in [3.63, 3.8) is 0 Å². The fourth-order valence-electron chi connectivity index (χ4n) is 3.29. The molecule has 0 radical (unpaired) electrons. The second-order valence-corrected chi connectivity index (χ2v) is 7.60. The van der Waals surface area contributed by atoms with Crippen molar-refractivity contribution in [2.45, 2.75) is 19.5 Å². The number of ether oxygens (including phenoxy) is 1. The zero-order valence-corrected chi connectivity index (χ0v) is 16.6. The summed E-state index contributed by atoms with van der Waals surface area (Å²) in [6.45, 7) is 1.92. The molecular weight excluding hydrogens is 425 g/mol. The lowest BCUT2D eigenvalue weighted by molar-refractivity contribution is 0.0948. The third kappa shape index (κ3) is 3.34. The molecule has 0 bridgehead atoms. The molecule has 0 spiro atoms. The first-order valence-electron chi connectivity index (χ1n) is 8.69. The van der Waals surface area contributed by atoms with Crippen LogP contribution in [0.1, 0.15) is 28.9 Å². The minimum atomic E-state index is -1.21. The molecule has 2 aromatic carbocycles. The predicted octanol–water partition coefficient (Wildman–Crippen LogP) is 4.47. The number of hydrogen-bond donors (Lipinski definition) is 1. The predicted molar refractivity (Wildman–Crippen MR) is 106 cm³/mol. The van der Waals surface area contributed by atoms with Gasteiger partial charge < -0.3 is 14.6 Å². The van der Waals surface area contributed by atoms with Crippen LogP contribution >= 0.6 is 23.2 Å². The first-order valence-corrected chi connectivity index (χ1v) is 9.45. The highest BCUT2D eigenvalue weighted by molar-refractivity contribution is 6.35. The number of amides is 1. The molecule has 1 aromatic heterocycles. The lowest BCUT2D eigenvalue weighted by Gasteiger charge is -2.27. The van der Waals surface area contributed by atoms with Crippen molar-refractivity contribution in [1.82, 2.24) is 9.88 Å². The van der Waals surface area contributed by atoms with Gasteiger partial charge in [-0.05, 0) is 30.7 Å². The molecule has 0 aliphatic carbocycles. The minimum absolute atomic E-state index is 0.0635. The maximum absolute atomic E-state index is 14.1. The first kappa shape index (κ1) is 19.7. The monoisotopic (exact) mass is 438 g/mol. The fourth-order valence-corrected chi connectivity index (χ4v) is 3.77. The van der Waals surface area contributed by atoms with Crippen molar-refractivity contribution in [3.8, 4) is 5.75 Å². The third-order valence-corrected chi connectivity index (χ3v) is 5.40. The molecule has 29 heavy (non-hydrogen) atoms. The molecule has 0 fully saturated rings. The Labute approximate surface area is 173 Å². The summed E-state index contributed by atoms with van der Waals surface area (Å²) in [5.74, 6) is -3.35. The molecule has 0 saturated heterocycles. The van der Waals surface area contributed by atoms with Crippen LogP contribution in [-0.4, -0.2) is 17.1 Å². The molecule has 9 heteroatoms. The number of halogens is 4. The Morgan fingerprint density at radius 2 is 2.07 bits per heavy atom. The summed E-state index contributed by atoms with van der Waals surface area (Å²) in [4.78, 5) is 25.5. The van der Waals surface area contributed by atoms with Crippen molar-refractivity contribution in [2.75, 3.05) is 6.61 Å². The van der Waals surface area contributed by atoms with E-state index in [0.717, 1.165) is 6.07 Å². The van der Waals surface area contributed by atoms with Crippen LogP contribution in [0.5, 0.6) is 5.75 Å². The first-order chi connectivity index (χ1) is 13.8. The Kier molecular flexibility index (Phi) is 4.96. The highest BCUT2D eigenvalue weighted by Crippen LogP contribution is 2.35. The van der Waals surface area contributed by atoms with Gasteiger partial charge in [0.15, 0.2) is 11.6 Å². The zero-order valence-electron chi connectivity index (χ0n) is 15.1. The Morgan fingerprint density at radius 3 is 2.79 bits per heavy atom. The number of pyridine rings is 1. The molecule has 3 aromatic rings. The Balaban J connectivity index is 1.76. The Morgan fingerprint density at radius 1 is 1.31 bits per heavy atom. The standard InChI is InChI=1S/C20H14Cl2F2N2O3/c1-9-8-29-19-16(24)15(23)5-12-17(19)26(9)7-13(18(12)27)20(28)25-6-10-2-3-11(21)4-14(10)22/h2-5,7,9H,6,8H2,1H3,(H,25,28)/t9-/m0/s1. The molecule has 1 aliphatic rings. The lowest BCUT2D eigenvalue weighted by atomic mass is 10.1. The van der Waals surface area contributed by atoms with Crippen LogP contribution in [0.3, 0.4) is 0 Å². The molecule has 1 aliphatic heterocycles. The number of nitrogens with zero attached hydrogens (tertiary/aromatic N) is 1. The number of aromatic nitrogens is 1. The summed E-state index contributed by atoms with van der Waals surface area (Å²) in [5, 5.41) is 3.33. The smallest absolute Gasteiger partial charge is 0.257 e. The number of hydrogen-bond acceptors (Lipinski definition) is 3. The lowest BCUT2D eigenvalue weighted by Crippen LogP contribution is -2.32. The van der Waals surface area contributed by atoms with E-state index in [2.05, 4.69) is 5.32 Å². The van der Waals surface area contributed by atoms with Crippen molar-refractivity contribution in [1.29, 1.82) is 0 Å². The van der Waals surface area contributed by atoms with E-state index in [1.807, 2.05) is 0 Å². The maximum Gasteiger partial charge on any atom is 0.257 e. The number of benzene rings is 2. The van der Waals surface area contributed by atoms with Crippen LogP contribution in [0.25, 0.3) is 10.9 Å². The van der Waals surface area contributed by atoms with Crippen molar-refractivity contribution < 1.29 is 18.3 Å².